The first-order valence-electron chi connectivity index (χ1n) is 5.19. The van der Waals surface area contributed by atoms with E-state index < -0.39 is 0 Å². The maximum absolute atomic E-state index is 13.4. The molecule has 1 saturated carbocycles. The lowest BCUT2D eigenvalue weighted by atomic mass is 10.1. The maximum Gasteiger partial charge on any atom is 0.146 e. The third-order valence-electron chi connectivity index (χ3n) is 2.83. The summed E-state index contributed by atoms with van der Waals surface area (Å²) in [6, 6.07) is 5.58. The van der Waals surface area contributed by atoms with Gasteiger partial charge in [-0.05, 0) is 50.3 Å². The largest absolute Gasteiger partial charge is 0.380 e. The first-order chi connectivity index (χ1) is 6.66. The quantitative estimate of drug-likeness (QED) is 0.776. The Balaban J connectivity index is 2.10. The minimum Gasteiger partial charge on any atom is -0.380 e. The Kier molecular flexibility index (Phi) is 2.44. The van der Waals surface area contributed by atoms with E-state index in [-0.39, 0.29) is 5.82 Å². The van der Waals surface area contributed by atoms with Crippen LogP contribution in [0.1, 0.15) is 25.3 Å². The van der Waals surface area contributed by atoms with Crippen molar-refractivity contribution in [2.24, 2.45) is 5.92 Å². The predicted molar refractivity (Wildman–Crippen MR) is 56.9 cm³/mol. The van der Waals surface area contributed by atoms with E-state index in [2.05, 4.69) is 12.2 Å². The average molecular weight is 193 g/mol. The third kappa shape index (κ3) is 2.06. The van der Waals surface area contributed by atoms with Gasteiger partial charge in [0.25, 0.3) is 0 Å². The molecule has 0 aliphatic heterocycles. The summed E-state index contributed by atoms with van der Waals surface area (Å²) >= 11 is 0. The van der Waals surface area contributed by atoms with Gasteiger partial charge in [-0.2, -0.15) is 0 Å². The highest BCUT2D eigenvalue weighted by Gasteiger charge is 2.28. The second kappa shape index (κ2) is 3.60. The molecule has 1 aromatic carbocycles. The minimum absolute atomic E-state index is 0.150. The van der Waals surface area contributed by atoms with E-state index >= 15 is 0 Å². The van der Waals surface area contributed by atoms with Crippen LogP contribution in [0.3, 0.4) is 0 Å². The number of hydrogen-bond donors (Lipinski definition) is 1. The van der Waals surface area contributed by atoms with Crippen molar-refractivity contribution in [3.63, 3.8) is 0 Å². The van der Waals surface area contributed by atoms with E-state index in [4.69, 9.17) is 0 Å². The van der Waals surface area contributed by atoms with E-state index in [0.29, 0.717) is 11.7 Å². The van der Waals surface area contributed by atoms with Crippen LogP contribution in [0.15, 0.2) is 18.2 Å². The molecule has 1 aliphatic carbocycles. The first kappa shape index (κ1) is 9.50. The summed E-state index contributed by atoms with van der Waals surface area (Å²) in [7, 11) is 0. The highest BCUT2D eigenvalue weighted by Crippen LogP contribution is 2.34. The van der Waals surface area contributed by atoms with Crippen molar-refractivity contribution in [3.05, 3.63) is 29.6 Å². The van der Waals surface area contributed by atoms with Crippen LogP contribution in [0.25, 0.3) is 0 Å². The van der Waals surface area contributed by atoms with Gasteiger partial charge in [-0.15, -0.1) is 0 Å². The summed E-state index contributed by atoms with van der Waals surface area (Å²) < 4.78 is 13.4. The highest BCUT2D eigenvalue weighted by atomic mass is 19.1. The standard InChI is InChI=1S/C12H16FN/c1-8-3-6-11(13)12(7-8)14-9(2)10-4-5-10/h3,6-7,9-10,14H,4-5H2,1-2H3/t9-/m0/s1. The van der Waals surface area contributed by atoms with Gasteiger partial charge < -0.3 is 5.32 Å². The number of hydrogen-bond acceptors (Lipinski definition) is 1. The molecular formula is C12H16FN. The van der Waals surface area contributed by atoms with Crippen LogP contribution in [-0.4, -0.2) is 6.04 Å². The molecule has 0 aromatic heterocycles. The van der Waals surface area contributed by atoms with Crippen molar-refractivity contribution in [3.8, 4) is 0 Å². The van der Waals surface area contributed by atoms with Crippen molar-refractivity contribution in [1.82, 2.24) is 0 Å². The average Bonchev–Trinajstić information content (AvgIpc) is 2.94. The number of halogens is 1. The zero-order valence-corrected chi connectivity index (χ0v) is 8.68. The van der Waals surface area contributed by atoms with Crippen LogP contribution >= 0.6 is 0 Å². The molecule has 1 N–H and O–H groups in total. The maximum atomic E-state index is 13.4. The van der Waals surface area contributed by atoms with Crippen LogP contribution in [0.2, 0.25) is 0 Å². The zero-order valence-electron chi connectivity index (χ0n) is 8.68. The zero-order chi connectivity index (χ0) is 10.1. The van der Waals surface area contributed by atoms with Crippen LogP contribution in [0.4, 0.5) is 10.1 Å². The molecule has 1 aliphatic rings. The Morgan fingerprint density at radius 1 is 1.43 bits per heavy atom. The molecule has 0 bridgehead atoms. The molecule has 0 heterocycles. The van der Waals surface area contributed by atoms with Gasteiger partial charge in [-0.1, -0.05) is 6.07 Å². The van der Waals surface area contributed by atoms with E-state index in [1.165, 1.54) is 18.9 Å². The van der Waals surface area contributed by atoms with Gasteiger partial charge in [0, 0.05) is 6.04 Å². The van der Waals surface area contributed by atoms with Crippen molar-refractivity contribution >= 4 is 5.69 Å². The van der Waals surface area contributed by atoms with E-state index in [9.17, 15) is 4.39 Å². The highest BCUT2D eigenvalue weighted by molar-refractivity contribution is 5.47. The fourth-order valence-electron chi connectivity index (χ4n) is 1.71. The number of rotatable bonds is 3. The molecular weight excluding hydrogens is 177 g/mol. The van der Waals surface area contributed by atoms with Crippen LogP contribution < -0.4 is 5.32 Å². The molecule has 1 nitrogen and oxygen atoms in total. The van der Waals surface area contributed by atoms with E-state index in [1.807, 2.05) is 13.0 Å². The van der Waals surface area contributed by atoms with Gasteiger partial charge in [-0.3, -0.25) is 0 Å². The molecule has 0 amide bonds. The number of nitrogens with one attached hydrogen (secondary N) is 1. The molecule has 1 atom stereocenters. The van der Waals surface area contributed by atoms with Gasteiger partial charge in [0.05, 0.1) is 5.69 Å². The first-order valence-corrected chi connectivity index (χ1v) is 5.19. The van der Waals surface area contributed by atoms with Gasteiger partial charge in [0.15, 0.2) is 0 Å². The normalized spacial score (nSPS) is 17.9. The van der Waals surface area contributed by atoms with E-state index in [1.54, 1.807) is 6.07 Å². The van der Waals surface area contributed by atoms with Gasteiger partial charge in [0.1, 0.15) is 5.82 Å². The summed E-state index contributed by atoms with van der Waals surface area (Å²) in [6.45, 7) is 4.10. The van der Waals surface area contributed by atoms with Crippen molar-refractivity contribution < 1.29 is 4.39 Å². The fraction of sp³-hybridized carbons (Fsp3) is 0.500. The van der Waals surface area contributed by atoms with Crippen molar-refractivity contribution in [2.45, 2.75) is 32.7 Å². The number of benzene rings is 1. The van der Waals surface area contributed by atoms with Crippen molar-refractivity contribution in [1.29, 1.82) is 0 Å². The van der Waals surface area contributed by atoms with Crippen LogP contribution in [0.5, 0.6) is 0 Å². The lowest BCUT2D eigenvalue weighted by Crippen LogP contribution is -2.18. The Labute approximate surface area is 84.3 Å². The summed E-state index contributed by atoms with van der Waals surface area (Å²) in [5.74, 6) is 0.595. The molecule has 2 rings (SSSR count). The molecule has 0 saturated heterocycles. The predicted octanol–water partition coefficient (Wildman–Crippen LogP) is 3.34. The van der Waals surface area contributed by atoms with E-state index in [0.717, 1.165) is 11.5 Å². The molecule has 0 spiro atoms. The Bertz CT molecular complexity index is 331. The summed E-state index contributed by atoms with van der Waals surface area (Å²) in [5.41, 5.74) is 1.74. The molecule has 2 heteroatoms. The smallest absolute Gasteiger partial charge is 0.146 e. The summed E-state index contributed by atoms with van der Waals surface area (Å²) in [6.07, 6.45) is 2.56. The molecule has 1 fully saturated rings. The topological polar surface area (TPSA) is 12.0 Å². The lowest BCUT2D eigenvalue weighted by Gasteiger charge is -2.15. The molecule has 14 heavy (non-hydrogen) atoms. The molecule has 76 valence electrons. The van der Waals surface area contributed by atoms with Crippen LogP contribution in [-0.2, 0) is 0 Å². The number of anilines is 1. The van der Waals surface area contributed by atoms with Crippen LogP contribution in [0, 0.1) is 18.7 Å². The minimum atomic E-state index is -0.150. The molecule has 0 unspecified atom stereocenters. The number of aryl methyl sites for hydroxylation is 1. The third-order valence-corrected chi connectivity index (χ3v) is 2.83. The summed E-state index contributed by atoms with van der Waals surface area (Å²) in [4.78, 5) is 0. The molecule has 0 radical (unpaired) electrons. The summed E-state index contributed by atoms with van der Waals surface area (Å²) in [5, 5.41) is 3.24. The van der Waals surface area contributed by atoms with Gasteiger partial charge in [-0.25, -0.2) is 4.39 Å². The van der Waals surface area contributed by atoms with Gasteiger partial charge in [0.2, 0.25) is 0 Å². The Morgan fingerprint density at radius 2 is 2.14 bits per heavy atom. The Hall–Kier alpha value is -1.05. The van der Waals surface area contributed by atoms with Crippen molar-refractivity contribution in [2.75, 3.05) is 5.32 Å². The molecule has 1 aromatic rings. The SMILES string of the molecule is Cc1ccc(F)c(N[C@@H](C)C2CC2)c1. The monoisotopic (exact) mass is 193 g/mol. The Morgan fingerprint density at radius 3 is 2.79 bits per heavy atom. The lowest BCUT2D eigenvalue weighted by molar-refractivity contribution is 0.619. The second-order valence-electron chi connectivity index (χ2n) is 4.25. The second-order valence-corrected chi connectivity index (χ2v) is 4.25. The van der Waals surface area contributed by atoms with Gasteiger partial charge >= 0.3 is 0 Å². The fourth-order valence-corrected chi connectivity index (χ4v) is 1.71.